The fourth-order valence-electron chi connectivity index (χ4n) is 4.00. The van der Waals surface area contributed by atoms with Gasteiger partial charge in [-0.1, -0.05) is 6.07 Å². The lowest BCUT2D eigenvalue weighted by Gasteiger charge is -2.05. The average molecular weight is 715 g/mol. The third kappa shape index (κ3) is 8.90. The van der Waals surface area contributed by atoms with E-state index in [1.165, 1.54) is 72.8 Å². The van der Waals surface area contributed by atoms with Crippen molar-refractivity contribution >= 4 is 88.5 Å². The molecule has 5 rings (SSSR count). The molecule has 10 N–H and O–H groups in total. The zero-order chi connectivity index (χ0) is 36.1. The Labute approximate surface area is 284 Å². The van der Waals surface area contributed by atoms with E-state index in [1.807, 2.05) is 0 Å². The Morgan fingerprint density at radius 3 is 0.980 bits per heavy atom. The molecule has 0 atom stereocenters. The van der Waals surface area contributed by atoms with E-state index in [1.54, 1.807) is 24.3 Å². The van der Waals surface area contributed by atoms with Crippen LogP contribution < -0.4 is 22.9 Å². The maximum Gasteiger partial charge on any atom is 0.294 e. The molecule has 5 aromatic rings. The molecule has 18 nitrogen and oxygen atoms in total. The molecule has 50 heavy (non-hydrogen) atoms. The summed E-state index contributed by atoms with van der Waals surface area (Å²) in [7, 11) is -8.69. The fourth-order valence-corrected chi connectivity index (χ4v) is 4.96. The Bertz CT molecular complexity index is 2250. The average Bonchev–Trinajstić information content (AvgIpc) is 3.06. The van der Waals surface area contributed by atoms with E-state index in [0.29, 0.717) is 22.7 Å². The largest absolute Gasteiger partial charge is 0.397 e. The second-order valence-electron chi connectivity index (χ2n) is 10.2. The van der Waals surface area contributed by atoms with E-state index in [2.05, 4.69) is 40.9 Å². The van der Waals surface area contributed by atoms with Gasteiger partial charge in [-0.05, 0) is 91.0 Å². The van der Waals surface area contributed by atoms with Crippen molar-refractivity contribution in [3.63, 3.8) is 0 Å². The van der Waals surface area contributed by atoms with Crippen molar-refractivity contribution in [1.29, 1.82) is 0 Å². The van der Waals surface area contributed by atoms with Gasteiger partial charge in [-0.3, -0.25) is 9.11 Å². The second-order valence-corrected chi connectivity index (χ2v) is 13.0. The Morgan fingerprint density at radius 1 is 0.380 bits per heavy atom. The van der Waals surface area contributed by atoms with E-state index in [4.69, 9.17) is 32.0 Å². The summed E-state index contributed by atoms with van der Waals surface area (Å²) in [5, 5.41) is 33.1. The molecule has 0 aliphatic rings. The molecule has 20 heteroatoms. The molecule has 0 heterocycles. The normalized spacial score (nSPS) is 12.5. The van der Waals surface area contributed by atoms with Crippen LogP contribution in [0.1, 0.15) is 0 Å². The summed E-state index contributed by atoms with van der Waals surface area (Å²) in [5.74, 6) is 0. The summed E-state index contributed by atoms with van der Waals surface area (Å²) in [5.41, 5.74) is 27.5. The minimum absolute atomic E-state index is 0.211. The highest BCUT2D eigenvalue weighted by atomic mass is 32.2. The van der Waals surface area contributed by atoms with Crippen LogP contribution in [0.3, 0.4) is 0 Å². The zero-order valence-corrected chi connectivity index (χ0v) is 27.1. The van der Waals surface area contributed by atoms with Crippen LogP contribution in [0.15, 0.2) is 148 Å². The highest BCUT2D eigenvalue weighted by molar-refractivity contribution is 7.86. The van der Waals surface area contributed by atoms with Crippen LogP contribution in [0.25, 0.3) is 0 Å². The standard InChI is InChI=1S/C30H26N12O6S2/c31-23-13-25(33)29(15-27(23)39-35-17-4-8-21(9-5-17)49(43,44)45)41-37-19-2-1-3-20(12-19)38-42-30-16-28(24(32)14-26(30)34)40-36-18-6-10-22(11-7-18)50(46,47)48/h1-16H,31-34H2,(H,43,44,45)(H,46,47,48). The molecule has 0 bridgehead atoms. The van der Waals surface area contributed by atoms with Gasteiger partial charge in [0.15, 0.2) is 0 Å². The van der Waals surface area contributed by atoms with E-state index in [9.17, 15) is 16.8 Å². The van der Waals surface area contributed by atoms with Crippen molar-refractivity contribution in [3.8, 4) is 0 Å². The molecule has 0 saturated heterocycles. The number of nitrogens with two attached hydrogens (primary N) is 4. The monoisotopic (exact) mass is 714 g/mol. The van der Waals surface area contributed by atoms with Crippen LogP contribution >= 0.6 is 0 Å². The van der Waals surface area contributed by atoms with Crippen LogP contribution in [-0.4, -0.2) is 25.9 Å². The molecule has 0 fully saturated rings. The lowest BCUT2D eigenvalue weighted by Crippen LogP contribution is -1.96. The molecule has 0 aromatic heterocycles. The highest BCUT2D eigenvalue weighted by Crippen LogP contribution is 2.37. The Balaban J connectivity index is 1.31. The van der Waals surface area contributed by atoms with Gasteiger partial charge in [-0.2, -0.15) is 37.3 Å². The molecule has 254 valence electrons. The number of benzene rings is 5. The van der Waals surface area contributed by atoms with Gasteiger partial charge in [-0.15, -0.1) is 20.5 Å². The lowest BCUT2D eigenvalue weighted by atomic mass is 10.2. The fraction of sp³-hybridized carbons (Fsp3) is 0. The zero-order valence-electron chi connectivity index (χ0n) is 25.5. The van der Waals surface area contributed by atoms with Crippen molar-refractivity contribution in [2.45, 2.75) is 9.79 Å². The van der Waals surface area contributed by atoms with Crippen molar-refractivity contribution in [2.24, 2.45) is 40.9 Å². The van der Waals surface area contributed by atoms with Gasteiger partial charge in [0.05, 0.1) is 55.3 Å². The summed E-state index contributed by atoms with van der Waals surface area (Å²) in [4.78, 5) is -0.571. The van der Waals surface area contributed by atoms with Crippen molar-refractivity contribution in [2.75, 3.05) is 22.9 Å². The van der Waals surface area contributed by atoms with Crippen LogP contribution in [0.2, 0.25) is 0 Å². The molecular formula is C30H26N12O6S2. The number of nitrogen functional groups attached to an aromatic ring is 4. The van der Waals surface area contributed by atoms with Crippen LogP contribution in [0.4, 0.5) is 68.2 Å². The number of hydrogen-bond donors (Lipinski definition) is 6. The van der Waals surface area contributed by atoms with E-state index in [0.717, 1.165) is 0 Å². The van der Waals surface area contributed by atoms with Crippen LogP contribution in [-0.2, 0) is 20.2 Å². The molecule has 0 unspecified atom stereocenters. The van der Waals surface area contributed by atoms with Gasteiger partial charge in [0.1, 0.15) is 22.7 Å². The summed E-state index contributed by atoms with van der Waals surface area (Å²) in [6.45, 7) is 0. The third-order valence-corrected chi connectivity index (χ3v) is 8.28. The minimum Gasteiger partial charge on any atom is -0.397 e. The first kappa shape index (κ1) is 34.8. The smallest absolute Gasteiger partial charge is 0.294 e. The Kier molecular flexibility index (Phi) is 9.99. The van der Waals surface area contributed by atoms with Gasteiger partial charge >= 0.3 is 0 Å². The van der Waals surface area contributed by atoms with E-state index in [-0.39, 0.29) is 55.3 Å². The van der Waals surface area contributed by atoms with E-state index >= 15 is 0 Å². The third-order valence-electron chi connectivity index (χ3n) is 6.54. The summed E-state index contributed by atoms with van der Waals surface area (Å²) < 4.78 is 63.2. The number of nitrogens with zero attached hydrogens (tertiary/aromatic N) is 8. The van der Waals surface area contributed by atoms with Gasteiger partial charge in [0.2, 0.25) is 0 Å². The minimum atomic E-state index is -4.34. The lowest BCUT2D eigenvalue weighted by molar-refractivity contribution is 0.481. The molecule has 0 saturated carbocycles. The first-order valence-corrected chi connectivity index (χ1v) is 16.8. The predicted molar refractivity (Wildman–Crippen MR) is 186 cm³/mol. The molecule has 0 aliphatic carbocycles. The molecule has 0 radical (unpaired) electrons. The maximum atomic E-state index is 11.2. The van der Waals surface area contributed by atoms with E-state index < -0.39 is 20.2 Å². The summed E-state index contributed by atoms with van der Waals surface area (Å²) in [6, 6.07) is 22.6. The quantitative estimate of drug-likeness (QED) is 0.0457. The molecule has 0 amide bonds. The molecule has 0 spiro atoms. The molecular weight excluding hydrogens is 689 g/mol. The number of azo groups is 4. The van der Waals surface area contributed by atoms with Gasteiger partial charge in [0.25, 0.3) is 20.2 Å². The Hall–Kier alpha value is -6.48. The molecule has 0 aliphatic heterocycles. The predicted octanol–water partition coefficient (Wildman–Crippen LogP) is 8.17. The number of hydrogen-bond acceptors (Lipinski definition) is 16. The summed E-state index contributed by atoms with van der Waals surface area (Å²) >= 11 is 0. The van der Waals surface area contributed by atoms with Crippen molar-refractivity contribution in [3.05, 3.63) is 97.1 Å². The summed E-state index contributed by atoms with van der Waals surface area (Å²) in [6.07, 6.45) is 0. The number of anilines is 4. The second kappa shape index (κ2) is 14.3. The van der Waals surface area contributed by atoms with Gasteiger partial charge in [-0.25, -0.2) is 0 Å². The van der Waals surface area contributed by atoms with Crippen LogP contribution in [0.5, 0.6) is 0 Å². The van der Waals surface area contributed by atoms with Crippen molar-refractivity contribution in [1.82, 2.24) is 0 Å². The molecule has 5 aromatic carbocycles. The van der Waals surface area contributed by atoms with Gasteiger partial charge in [0, 0.05) is 0 Å². The van der Waals surface area contributed by atoms with Crippen LogP contribution in [0, 0.1) is 0 Å². The number of rotatable bonds is 10. The van der Waals surface area contributed by atoms with Crippen molar-refractivity contribution < 1.29 is 25.9 Å². The maximum absolute atomic E-state index is 11.2. The van der Waals surface area contributed by atoms with Gasteiger partial charge < -0.3 is 22.9 Å². The SMILES string of the molecule is Nc1cc(N)c(N=Nc2cccc(N=Nc3cc(N=Nc4ccc(S(=O)(=O)O)cc4)c(N)cc3N)c2)cc1N=Nc1ccc(S(=O)(=O)O)cc1. The topological polar surface area (TPSA) is 312 Å². The Morgan fingerprint density at radius 2 is 0.680 bits per heavy atom. The highest BCUT2D eigenvalue weighted by Gasteiger charge is 2.11. The first-order chi connectivity index (χ1) is 23.7. The first-order valence-electron chi connectivity index (χ1n) is 14.0.